The van der Waals surface area contributed by atoms with Crippen LogP contribution < -0.4 is 10.6 Å². The molecule has 0 saturated heterocycles. The van der Waals surface area contributed by atoms with Crippen LogP contribution in [0, 0.1) is 0 Å². The summed E-state index contributed by atoms with van der Waals surface area (Å²) in [5.74, 6) is -1.42. The van der Waals surface area contributed by atoms with E-state index < -0.39 is 24.0 Å². The molecule has 0 saturated carbocycles. The second kappa shape index (κ2) is 11.9. The van der Waals surface area contributed by atoms with E-state index in [-0.39, 0.29) is 19.4 Å². The van der Waals surface area contributed by atoms with Gasteiger partial charge < -0.3 is 20.5 Å². The number of rotatable bonds is 11. The van der Waals surface area contributed by atoms with Gasteiger partial charge in [0, 0.05) is 13.0 Å². The number of carboxylic acids is 1. The van der Waals surface area contributed by atoms with Gasteiger partial charge >= 0.3 is 12.1 Å². The Morgan fingerprint density at radius 3 is 2.52 bits per heavy atom. The fourth-order valence-corrected chi connectivity index (χ4v) is 2.15. The van der Waals surface area contributed by atoms with Crippen LogP contribution in [0.2, 0.25) is 0 Å². The highest BCUT2D eigenvalue weighted by molar-refractivity contribution is 5.86. The first kappa shape index (κ1) is 20.5. The van der Waals surface area contributed by atoms with E-state index in [2.05, 4.69) is 17.6 Å². The van der Waals surface area contributed by atoms with E-state index in [4.69, 9.17) is 9.84 Å². The standard InChI is InChI=1S/C18H26N2O5/c1-2-3-7-12-19-17(23)15(10-11-16(21)22)20-18(24)25-13-14-8-5-4-6-9-14/h4-6,8-9,15H,2-3,7,10-13H2,1H3,(H,19,23)(H,20,24)(H,21,22). The molecule has 0 fully saturated rings. The Kier molecular flexibility index (Phi) is 9.74. The van der Waals surface area contributed by atoms with Gasteiger partial charge in [0.2, 0.25) is 5.91 Å². The second-order valence-corrected chi connectivity index (χ2v) is 5.69. The molecule has 0 aliphatic carbocycles. The predicted octanol–water partition coefficient (Wildman–Crippen LogP) is 2.45. The first-order valence-corrected chi connectivity index (χ1v) is 8.49. The summed E-state index contributed by atoms with van der Waals surface area (Å²) in [6.45, 7) is 2.63. The number of nitrogens with one attached hydrogen (secondary N) is 2. The normalized spacial score (nSPS) is 11.4. The number of carbonyl (C=O) groups excluding carboxylic acids is 2. The molecule has 7 heteroatoms. The Morgan fingerprint density at radius 1 is 1.16 bits per heavy atom. The van der Waals surface area contributed by atoms with Gasteiger partial charge in [-0.25, -0.2) is 4.79 Å². The van der Waals surface area contributed by atoms with E-state index in [1.54, 1.807) is 0 Å². The lowest BCUT2D eigenvalue weighted by atomic mass is 10.1. The van der Waals surface area contributed by atoms with Gasteiger partial charge in [-0.3, -0.25) is 9.59 Å². The summed E-state index contributed by atoms with van der Waals surface area (Å²) in [6, 6.07) is 8.21. The molecule has 1 atom stereocenters. The highest BCUT2D eigenvalue weighted by atomic mass is 16.5. The van der Waals surface area contributed by atoms with Crippen molar-refractivity contribution in [1.82, 2.24) is 10.6 Å². The zero-order valence-corrected chi connectivity index (χ0v) is 14.5. The molecule has 1 rings (SSSR count). The predicted molar refractivity (Wildman–Crippen MR) is 93.0 cm³/mol. The number of unbranched alkanes of at least 4 members (excludes halogenated alkanes) is 2. The zero-order valence-electron chi connectivity index (χ0n) is 14.5. The number of aliphatic carboxylic acids is 1. The molecule has 0 aliphatic rings. The van der Waals surface area contributed by atoms with Gasteiger partial charge in [-0.2, -0.15) is 0 Å². The monoisotopic (exact) mass is 350 g/mol. The minimum Gasteiger partial charge on any atom is -0.481 e. The van der Waals surface area contributed by atoms with Crippen LogP contribution in [0.25, 0.3) is 0 Å². The van der Waals surface area contributed by atoms with Crippen molar-refractivity contribution >= 4 is 18.0 Å². The average Bonchev–Trinajstić information content (AvgIpc) is 2.61. The summed E-state index contributed by atoms with van der Waals surface area (Å²) in [5.41, 5.74) is 0.823. The fourth-order valence-electron chi connectivity index (χ4n) is 2.15. The summed E-state index contributed by atoms with van der Waals surface area (Å²) in [4.78, 5) is 34.8. The SMILES string of the molecule is CCCCCNC(=O)C(CCC(=O)O)NC(=O)OCc1ccccc1. The molecule has 3 N–H and O–H groups in total. The molecule has 2 amide bonds. The van der Waals surface area contributed by atoms with Gasteiger partial charge in [-0.15, -0.1) is 0 Å². The van der Waals surface area contributed by atoms with Gasteiger partial charge in [-0.1, -0.05) is 50.1 Å². The highest BCUT2D eigenvalue weighted by Gasteiger charge is 2.22. The molecule has 25 heavy (non-hydrogen) atoms. The van der Waals surface area contributed by atoms with Crippen LogP contribution in [0.3, 0.4) is 0 Å². The number of benzene rings is 1. The maximum atomic E-state index is 12.2. The fraction of sp³-hybridized carbons (Fsp3) is 0.500. The van der Waals surface area contributed by atoms with Gasteiger partial charge in [0.1, 0.15) is 12.6 Å². The van der Waals surface area contributed by atoms with E-state index in [0.29, 0.717) is 6.54 Å². The van der Waals surface area contributed by atoms with Crippen molar-refractivity contribution < 1.29 is 24.2 Å². The first-order valence-electron chi connectivity index (χ1n) is 8.49. The van der Waals surface area contributed by atoms with Crippen LogP contribution in [0.15, 0.2) is 30.3 Å². The van der Waals surface area contributed by atoms with E-state index >= 15 is 0 Å². The summed E-state index contributed by atoms with van der Waals surface area (Å²) in [6.07, 6.45) is 1.91. The van der Waals surface area contributed by atoms with Crippen LogP contribution in [-0.2, 0) is 20.9 Å². The lowest BCUT2D eigenvalue weighted by Crippen LogP contribution is -2.47. The quantitative estimate of drug-likeness (QED) is 0.532. The van der Waals surface area contributed by atoms with E-state index in [1.807, 2.05) is 30.3 Å². The number of carbonyl (C=O) groups is 3. The number of amides is 2. The minimum atomic E-state index is -1.02. The Bertz CT molecular complexity index is 548. The van der Waals surface area contributed by atoms with E-state index in [1.165, 1.54) is 0 Å². The van der Waals surface area contributed by atoms with Crippen molar-refractivity contribution in [1.29, 1.82) is 0 Å². The molecule has 1 aromatic rings. The van der Waals surface area contributed by atoms with Crippen LogP contribution in [0.5, 0.6) is 0 Å². The molecule has 1 aromatic carbocycles. The van der Waals surface area contributed by atoms with Crippen LogP contribution in [0.4, 0.5) is 4.79 Å². The zero-order chi connectivity index (χ0) is 18.5. The summed E-state index contributed by atoms with van der Waals surface area (Å²) >= 11 is 0. The lowest BCUT2D eigenvalue weighted by molar-refractivity contribution is -0.137. The molecule has 0 heterocycles. The van der Waals surface area contributed by atoms with Gasteiger partial charge in [0.15, 0.2) is 0 Å². The Balaban J connectivity index is 2.48. The molecule has 7 nitrogen and oxygen atoms in total. The van der Waals surface area contributed by atoms with Crippen molar-refractivity contribution in [3.8, 4) is 0 Å². The van der Waals surface area contributed by atoms with Crippen LogP contribution >= 0.6 is 0 Å². The molecule has 0 radical (unpaired) electrons. The van der Waals surface area contributed by atoms with E-state index in [0.717, 1.165) is 24.8 Å². The number of hydrogen-bond donors (Lipinski definition) is 3. The highest BCUT2D eigenvalue weighted by Crippen LogP contribution is 2.03. The van der Waals surface area contributed by atoms with E-state index in [9.17, 15) is 14.4 Å². The van der Waals surface area contributed by atoms with Gasteiger partial charge in [0.05, 0.1) is 0 Å². The molecule has 0 aliphatic heterocycles. The molecule has 0 aromatic heterocycles. The van der Waals surface area contributed by atoms with Crippen molar-refractivity contribution in [2.75, 3.05) is 6.54 Å². The Morgan fingerprint density at radius 2 is 1.88 bits per heavy atom. The third-order valence-corrected chi connectivity index (χ3v) is 3.55. The van der Waals surface area contributed by atoms with Crippen LogP contribution in [0.1, 0.15) is 44.6 Å². The smallest absolute Gasteiger partial charge is 0.408 e. The molecule has 0 bridgehead atoms. The third kappa shape index (κ3) is 9.34. The lowest BCUT2D eigenvalue weighted by Gasteiger charge is -2.17. The van der Waals surface area contributed by atoms with Gasteiger partial charge in [-0.05, 0) is 18.4 Å². The average molecular weight is 350 g/mol. The largest absolute Gasteiger partial charge is 0.481 e. The molecule has 138 valence electrons. The summed E-state index contributed by atoms with van der Waals surface area (Å²) < 4.78 is 5.08. The second-order valence-electron chi connectivity index (χ2n) is 5.69. The van der Waals surface area contributed by atoms with Crippen molar-refractivity contribution in [2.24, 2.45) is 0 Å². The third-order valence-electron chi connectivity index (χ3n) is 3.55. The molecule has 0 spiro atoms. The van der Waals surface area contributed by atoms with Crippen molar-refractivity contribution in [3.63, 3.8) is 0 Å². The van der Waals surface area contributed by atoms with Crippen molar-refractivity contribution in [2.45, 2.75) is 51.7 Å². The Hall–Kier alpha value is -2.57. The summed E-state index contributed by atoms with van der Waals surface area (Å²) in [5, 5.41) is 14.0. The first-order chi connectivity index (χ1) is 12.0. The molecular formula is C18H26N2O5. The maximum Gasteiger partial charge on any atom is 0.408 e. The number of ether oxygens (including phenoxy) is 1. The number of carboxylic acid groups (broad SMARTS) is 1. The maximum absolute atomic E-state index is 12.2. The number of hydrogen-bond acceptors (Lipinski definition) is 4. The van der Waals surface area contributed by atoms with Crippen molar-refractivity contribution in [3.05, 3.63) is 35.9 Å². The summed E-state index contributed by atoms with van der Waals surface area (Å²) in [7, 11) is 0. The topological polar surface area (TPSA) is 105 Å². The molecular weight excluding hydrogens is 324 g/mol. The molecule has 1 unspecified atom stereocenters. The number of alkyl carbamates (subject to hydrolysis) is 1. The Labute approximate surface area is 147 Å². The van der Waals surface area contributed by atoms with Gasteiger partial charge in [0.25, 0.3) is 0 Å². The van der Waals surface area contributed by atoms with Crippen LogP contribution in [-0.4, -0.2) is 35.7 Å². The minimum absolute atomic E-state index is 0.00931.